The van der Waals surface area contributed by atoms with E-state index in [1.165, 1.54) is 5.09 Å². The molecule has 0 radical (unpaired) electrons. The van der Waals surface area contributed by atoms with Crippen LogP contribution in [-0.2, 0) is 9.36 Å². The minimum absolute atomic E-state index is 0. The number of hydrogen-bond acceptors (Lipinski definition) is 3. The molecule has 0 amide bonds. The summed E-state index contributed by atoms with van der Waals surface area (Å²) >= 11 is 0. The van der Waals surface area contributed by atoms with Crippen LogP contribution < -0.4 is 93.8 Å². The summed E-state index contributed by atoms with van der Waals surface area (Å²) in [4.78, 5) is 26.4. The van der Waals surface area contributed by atoms with Gasteiger partial charge in [0.25, 0.3) is 0 Å². The average molecular weight is 257 g/mol. The quantitative estimate of drug-likeness (QED) is 0.250. The number of aliphatic carboxylic acids is 1. The zero-order valence-electron chi connectivity index (χ0n) is 11.3. The average Bonchev–Trinajstić information content (AvgIpc) is 1.80. The van der Waals surface area contributed by atoms with Crippen LogP contribution in [0.3, 0.4) is 0 Å². The Morgan fingerprint density at radius 3 is 1.79 bits per heavy atom. The van der Waals surface area contributed by atoms with Crippen LogP contribution >= 0.6 is 7.75 Å². The number of nitrogens with one attached hydrogen (secondary N) is 1. The van der Waals surface area contributed by atoms with E-state index in [0.29, 0.717) is 0 Å². The number of carboxylic acid groups (broad SMARTS) is 1. The van der Waals surface area contributed by atoms with Crippen LogP contribution in [0.5, 0.6) is 0 Å². The van der Waals surface area contributed by atoms with Gasteiger partial charge in [0.2, 0.25) is 0 Å². The van der Waals surface area contributed by atoms with Crippen LogP contribution in [0.1, 0.15) is 4.28 Å². The van der Waals surface area contributed by atoms with Crippen LogP contribution in [0.4, 0.5) is 0 Å². The Morgan fingerprint density at radius 2 is 1.71 bits per heavy atom. The molecule has 0 saturated heterocycles. The van der Waals surface area contributed by atoms with Gasteiger partial charge in [-0.3, -0.25) is 4.79 Å². The third-order valence-corrected chi connectivity index (χ3v) is 1.45. The zero-order valence-corrected chi connectivity index (χ0v) is 15.2. The number of rotatable bonds is 4. The minimum Gasteiger partial charge on any atom is -1.00 e. The number of carbonyl (C=O) groups is 1. The second-order valence-corrected chi connectivity index (χ2v) is 3.09. The third-order valence-electron chi connectivity index (χ3n) is 0.805. The molecule has 1 atom stereocenters. The molecule has 0 heterocycles. The Kier molecular flexibility index (Phi) is 21.8. The molecule has 7 nitrogen and oxygen atoms in total. The molecule has 0 spiro atoms. The molecule has 1 unspecified atom stereocenters. The van der Waals surface area contributed by atoms with E-state index in [9.17, 15) is 9.36 Å². The van der Waals surface area contributed by atoms with Gasteiger partial charge >= 0.3 is 102 Å². The zero-order chi connectivity index (χ0) is 9.07. The summed E-state index contributed by atoms with van der Waals surface area (Å²) in [6, 6.07) is -1.63. The molecule has 0 bridgehead atoms. The monoisotopic (exact) mass is 257 g/mol. The maximum atomic E-state index is 10.1. The molecule has 0 saturated carbocycles. The summed E-state index contributed by atoms with van der Waals surface area (Å²) in [5.41, 5.74) is 0. The molecule has 0 aromatic heterocycles. The first-order valence-electron chi connectivity index (χ1n) is 2.54. The first kappa shape index (κ1) is 25.4. The first-order chi connectivity index (χ1) is 4.87. The van der Waals surface area contributed by atoms with Crippen LogP contribution in [-0.4, -0.2) is 38.6 Å². The van der Waals surface area contributed by atoms with Crippen molar-refractivity contribution in [3.8, 4) is 0 Å². The molecule has 0 fully saturated rings. The maximum Gasteiger partial charge on any atom is 1.00 e. The van der Waals surface area contributed by atoms with Gasteiger partial charge in [-0.2, -0.15) is 0 Å². The van der Waals surface area contributed by atoms with E-state index in [1.54, 1.807) is 0 Å². The van der Waals surface area contributed by atoms with E-state index in [0.717, 1.165) is 0 Å². The smallest absolute Gasteiger partial charge is 1.00 e. The summed E-state index contributed by atoms with van der Waals surface area (Å²) < 4.78 is 10.1. The first-order valence-corrected chi connectivity index (χ1v) is 4.15. The van der Waals surface area contributed by atoms with Gasteiger partial charge < -0.3 is 24.3 Å². The number of aliphatic hydroxyl groups is 1. The van der Waals surface area contributed by atoms with E-state index < -0.39 is 26.4 Å². The molecule has 14 heavy (non-hydrogen) atoms. The van der Waals surface area contributed by atoms with Crippen molar-refractivity contribution in [1.82, 2.24) is 5.09 Å². The van der Waals surface area contributed by atoms with Gasteiger partial charge in [0, 0.05) is 0 Å². The third kappa shape index (κ3) is 14.5. The maximum absolute atomic E-state index is 10.1. The van der Waals surface area contributed by atoms with E-state index in [4.69, 9.17) is 20.0 Å². The predicted octanol–water partition coefficient (Wildman–Crippen LogP) is -10.5. The topological polar surface area (TPSA) is 127 Å². The molecular formula is C3H11NNa3O6P. The predicted molar refractivity (Wildman–Crippen MR) is 37.0 cm³/mol. The molecule has 11 heteroatoms. The molecule has 0 aliphatic rings. The summed E-state index contributed by atoms with van der Waals surface area (Å²) in [6.07, 6.45) is 0. The molecule has 0 aromatic rings. The summed E-state index contributed by atoms with van der Waals surface area (Å²) in [5.74, 6) is -1.52. The van der Waals surface area contributed by atoms with Gasteiger partial charge in [0.15, 0.2) is 0 Å². The largest absolute Gasteiger partial charge is 1.00 e. The number of carboxylic acids is 1. The molecule has 0 aliphatic carbocycles. The Labute approximate surface area is 152 Å². The Morgan fingerprint density at radius 1 is 1.36 bits per heavy atom. The second kappa shape index (κ2) is 12.0. The molecule has 0 rings (SSSR count). The molecule has 0 aliphatic heterocycles. The summed E-state index contributed by atoms with van der Waals surface area (Å²) in [7, 11) is -4.58. The van der Waals surface area contributed by atoms with Gasteiger partial charge in [0.1, 0.15) is 6.04 Å². The van der Waals surface area contributed by atoms with Crippen molar-refractivity contribution in [3.05, 3.63) is 0 Å². The van der Waals surface area contributed by atoms with Crippen molar-refractivity contribution in [1.29, 1.82) is 0 Å². The standard InChI is InChI=1S/C3H8NO6P.3Na.3H/c5-1-2(3(6)7)4-11(8,9)10;;;;;;/h2,5H,1H2,(H,6,7)(H3,4,8,9,10);;;;;;/q;3*+1;3*-1. The van der Waals surface area contributed by atoms with Crippen molar-refractivity contribution in [3.63, 3.8) is 0 Å². The van der Waals surface area contributed by atoms with Gasteiger partial charge in [0.05, 0.1) is 6.61 Å². The summed E-state index contributed by atoms with van der Waals surface area (Å²) in [6.45, 7) is -0.875. The van der Waals surface area contributed by atoms with Gasteiger partial charge in [-0.1, -0.05) is 0 Å². The molecular weight excluding hydrogens is 246 g/mol. The normalized spacial score (nSPS) is 11.4. The van der Waals surface area contributed by atoms with Crippen molar-refractivity contribution in [2.45, 2.75) is 6.04 Å². The molecule has 72 valence electrons. The molecule has 5 N–H and O–H groups in total. The Balaban J connectivity index is -0.0000000333. The van der Waals surface area contributed by atoms with Crippen LogP contribution in [0, 0.1) is 0 Å². The van der Waals surface area contributed by atoms with Gasteiger partial charge in [-0.15, -0.1) is 0 Å². The van der Waals surface area contributed by atoms with Crippen molar-refractivity contribution < 1.29 is 122 Å². The van der Waals surface area contributed by atoms with Gasteiger partial charge in [-0.05, 0) is 0 Å². The van der Waals surface area contributed by atoms with E-state index >= 15 is 0 Å². The number of hydrogen-bond donors (Lipinski definition) is 5. The number of aliphatic hydroxyl groups excluding tert-OH is 1. The SMILES string of the molecule is O=C(O)C(CO)NP(=O)(O)O.[H-].[H-].[H-].[Na+].[Na+].[Na+]. The molecule has 0 aromatic carbocycles. The van der Waals surface area contributed by atoms with Crippen molar-refractivity contribution in [2.24, 2.45) is 0 Å². The fraction of sp³-hybridized carbons (Fsp3) is 0.667. The van der Waals surface area contributed by atoms with Gasteiger partial charge in [-0.25, -0.2) is 9.65 Å². The van der Waals surface area contributed by atoms with Crippen LogP contribution in [0.2, 0.25) is 0 Å². The minimum atomic E-state index is -4.58. The Bertz CT molecular complexity index is 208. The van der Waals surface area contributed by atoms with Crippen molar-refractivity contribution >= 4 is 13.7 Å². The van der Waals surface area contributed by atoms with E-state index in [-0.39, 0.29) is 93.0 Å². The fourth-order valence-corrected chi connectivity index (χ4v) is 0.975. The van der Waals surface area contributed by atoms with Crippen molar-refractivity contribution in [2.75, 3.05) is 6.61 Å². The Hall–Kier alpha value is 2.54. The fourth-order valence-electron chi connectivity index (χ4n) is 0.377. The van der Waals surface area contributed by atoms with Crippen LogP contribution in [0.25, 0.3) is 0 Å². The van der Waals surface area contributed by atoms with E-state index in [1.807, 2.05) is 0 Å². The summed E-state index contributed by atoms with van der Waals surface area (Å²) in [5, 5.41) is 17.9. The second-order valence-electron chi connectivity index (χ2n) is 1.75. The van der Waals surface area contributed by atoms with Crippen LogP contribution in [0.15, 0.2) is 0 Å². The van der Waals surface area contributed by atoms with E-state index in [2.05, 4.69) is 0 Å².